The lowest BCUT2D eigenvalue weighted by atomic mass is 10.2. The molecule has 2 aromatic heterocycles. The Kier molecular flexibility index (Phi) is 4.15. The van der Waals surface area contributed by atoms with E-state index in [1.165, 1.54) is 6.08 Å². The van der Waals surface area contributed by atoms with Crippen molar-refractivity contribution in [1.29, 1.82) is 0 Å². The quantitative estimate of drug-likeness (QED) is 0.735. The van der Waals surface area contributed by atoms with Crippen LogP contribution < -0.4 is 5.32 Å². The number of aromatic nitrogens is 2. The second kappa shape index (κ2) is 6.58. The molecule has 0 aliphatic heterocycles. The summed E-state index contributed by atoms with van der Waals surface area (Å²) < 4.78 is 7.11. The van der Waals surface area contributed by atoms with Crippen molar-refractivity contribution in [3.63, 3.8) is 0 Å². The second-order valence-electron chi connectivity index (χ2n) is 4.77. The van der Waals surface area contributed by atoms with Crippen LogP contribution in [-0.2, 0) is 11.3 Å². The number of furan rings is 1. The van der Waals surface area contributed by atoms with Gasteiger partial charge < -0.3 is 14.3 Å². The fourth-order valence-electron chi connectivity index (χ4n) is 2.07. The zero-order valence-corrected chi connectivity index (χ0v) is 11.8. The van der Waals surface area contributed by atoms with Gasteiger partial charge in [0.05, 0.1) is 12.6 Å². The number of rotatable bonds is 5. The summed E-state index contributed by atoms with van der Waals surface area (Å²) in [6, 6.07) is 11.3. The third kappa shape index (κ3) is 3.73. The lowest BCUT2D eigenvalue weighted by Gasteiger charge is -2.06. The molecular weight excluding hydrogens is 278 g/mol. The van der Waals surface area contributed by atoms with Crippen LogP contribution in [-0.4, -0.2) is 15.5 Å². The van der Waals surface area contributed by atoms with Crippen molar-refractivity contribution in [2.45, 2.75) is 6.54 Å². The molecule has 0 spiro atoms. The predicted molar refractivity (Wildman–Crippen MR) is 84.1 cm³/mol. The standard InChI is InChI=1S/C17H15N3O2/c21-17(7-6-16-5-2-10-22-16)19-15-4-1-3-14(11-15)12-20-9-8-18-13-20/h1-11,13H,12H2,(H,19,21). The fraction of sp³-hybridized carbons (Fsp3) is 0.0588. The molecule has 3 rings (SSSR count). The summed E-state index contributed by atoms with van der Waals surface area (Å²) in [6.45, 7) is 0.714. The molecule has 1 aromatic carbocycles. The average molecular weight is 293 g/mol. The van der Waals surface area contributed by atoms with E-state index in [2.05, 4.69) is 10.3 Å². The van der Waals surface area contributed by atoms with Crippen LogP contribution in [0.1, 0.15) is 11.3 Å². The monoisotopic (exact) mass is 293 g/mol. The molecule has 3 aromatic rings. The highest BCUT2D eigenvalue weighted by Gasteiger charge is 2.01. The van der Waals surface area contributed by atoms with Crippen LogP contribution in [0.3, 0.4) is 0 Å². The maximum absolute atomic E-state index is 11.9. The van der Waals surface area contributed by atoms with E-state index < -0.39 is 0 Å². The predicted octanol–water partition coefficient (Wildman–Crippen LogP) is 3.18. The lowest BCUT2D eigenvalue weighted by Crippen LogP contribution is -2.08. The number of hydrogen-bond acceptors (Lipinski definition) is 3. The van der Waals surface area contributed by atoms with Crippen molar-refractivity contribution < 1.29 is 9.21 Å². The van der Waals surface area contributed by atoms with Crippen LogP contribution in [0.25, 0.3) is 6.08 Å². The van der Waals surface area contributed by atoms with E-state index in [4.69, 9.17) is 4.42 Å². The van der Waals surface area contributed by atoms with Gasteiger partial charge in [0.25, 0.3) is 0 Å². The first-order valence-corrected chi connectivity index (χ1v) is 6.87. The number of imidazole rings is 1. The molecule has 0 aliphatic carbocycles. The number of benzene rings is 1. The summed E-state index contributed by atoms with van der Waals surface area (Å²) >= 11 is 0. The lowest BCUT2D eigenvalue weighted by molar-refractivity contribution is -0.111. The third-order valence-electron chi connectivity index (χ3n) is 3.06. The molecule has 0 saturated carbocycles. The molecule has 0 saturated heterocycles. The van der Waals surface area contributed by atoms with Crippen molar-refractivity contribution in [2.75, 3.05) is 5.32 Å². The maximum Gasteiger partial charge on any atom is 0.248 e. The molecule has 1 amide bonds. The van der Waals surface area contributed by atoms with Crippen LogP contribution in [0.5, 0.6) is 0 Å². The van der Waals surface area contributed by atoms with Crippen molar-refractivity contribution in [3.05, 3.63) is 78.8 Å². The zero-order chi connectivity index (χ0) is 15.2. The molecule has 5 heteroatoms. The van der Waals surface area contributed by atoms with Gasteiger partial charge in [-0.3, -0.25) is 4.79 Å². The van der Waals surface area contributed by atoms with E-state index in [0.29, 0.717) is 12.3 Å². The van der Waals surface area contributed by atoms with Gasteiger partial charge in [0.15, 0.2) is 0 Å². The van der Waals surface area contributed by atoms with Gasteiger partial charge >= 0.3 is 0 Å². The van der Waals surface area contributed by atoms with Gasteiger partial charge in [0.2, 0.25) is 5.91 Å². The van der Waals surface area contributed by atoms with E-state index in [-0.39, 0.29) is 5.91 Å². The Morgan fingerprint density at radius 2 is 2.27 bits per heavy atom. The van der Waals surface area contributed by atoms with Gasteiger partial charge in [-0.15, -0.1) is 0 Å². The van der Waals surface area contributed by atoms with Gasteiger partial charge in [0.1, 0.15) is 5.76 Å². The van der Waals surface area contributed by atoms with E-state index in [9.17, 15) is 4.79 Å². The second-order valence-corrected chi connectivity index (χ2v) is 4.77. The number of carbonyl (C=O) groups is 1. The molecule has 0 bridgehead atoms. The Labute approximate surface area is 127 Å². The Bertz CT molecular complexity index is 759. The number of nitrogens with zero attached hydrogens (tertiary/aromatic N) is 2. The normalized spacial score (nSPS) is 10.9. The average Bonchev–Trinajstić information content (AvgIpc) is 3.19. The van der Waals surface area contributed by atoms with Crippen molar-refractivity contribution in [1.82, 2.24) is 9.55 Å². The highest BCUT2D eigenvalue weighted by Crippen LogP contribution is 2.12. The van der Waals surface area contributed by atoms with Gasteiger partial charge in [-0.25, -0.2) is 4.98 Å². The molecular formula is C17H15N3O2. The van der Waals surface area contributed by atoms with Gasteiger partial charge in [-0.05, 0) is 35.9 Å². The first-order valence-electron chi connectivity index (χ1n) is 6.87. The minimum Gasteiger partial charge on any atom is -0.465 e. The molecule has 2 heterocycles. The largest absolute Gasteiger partial charge is 0.465 e. The van der Waals surface area contributed by atoms with E-state index in [0.717, 1.165) is 11.3 Å². The Balaban J connectivity index is 1.63. The minimum atomic E-state index is -0.198. The summed E-state index contributed by atoms with van der Waals surface area (Å²) in [5.41, 5.74) is 1.84. The van der Waals surface area contributed by atoms with Crippen molar-refractivity contribution in [2.24, 2.45) is 0 Å². The number of carbonyl (C=O) groups excluding carboxylic acids is 1. The molecule has 110 valence electrons. The number of nitrogens with one attached hydrogen (secondary N) is 1. The minimum absolute atomic E-state index is 0.198. The van der Waals surface area contributed by atoms with Crippen molar-refractivity contribution >= 4 is 17.7 Å². The van der Waals surface area contributed by atoms with Crippen LogP contribution >= 0.6 is 0 Å². The first-order chi connectivity index (χ1) is 10.8. The molecule has 0 radical (unpaired) electrons. The topological polar surface area (TPSA) is 60.1 Å². The Morgan fingerprint density at radius 3 is 3.05 bits per heavy atom. The SMILES string of the molecule is O=C(C=Cc1ccco1)Nc1cccc(Cn2ccnc2)c1. The Hall–Kier alpha value is -3.08. The van der Waals surface area contributed by atoms with E-state index in [1.54, 1.807) is 37.0 Å². The summed E-state index contributed by atoms with van der Waals surface area (Å²) in [4.78, 5) is 15.9. The fourth-order valence-corrected chi connectivity index (χ4v) is 2.07. The zero-order valence-electron chi connectivity index (χ0n) is 11.8. The number of amides is 1. The van der Waals surface area contributed by atoms with Gasteiger partial charge in [-0.1, -0.05) is 12.1 Å². The Morgan fingerprint density at radius 1 is 1.32 bits per heavy atom. The molecule has 0 fully saturated rings. The van der Waals surface area contributed by atoms with Crippen LogP contribution in [0, 0.1) is 0 Å². The van der Waals surface area contributed by atoms with Crippen molar-refractivity contribution in [3.8, 4) is 0 Å². The molecule has 0 aliphatic rings. The molecule has 1 N–H and O–H groups in total. The summed E-state index contributed by atoms with van der Waals surface area (Å²) in [6.07, 6.45) is 10.0. The molecule has 0 atom stereocenters. The smallest absolute Gasteiger partial charge is 0.248 e. The third-order valence-corrected chi connectivity index (χ3v) is 3.06. The number of hydrogen-bond donors (Lipinski definition) is 1. The number of anilines is 1. The molecule has 5 nitrogen and oxygen atoms in total. The summed E-state index contributed by atoms with van der Waals surface area (Å²) in [7, 11) is 0. The van der Waals surface area contributed by atoms with E-state index in [1.807, 2.05) is 35.0 Å². The highest BCUT2D eigenvalue weighted by molar-refractivity contribution is 6.01. The van der Waals surface area contributed by atoms with Crippen LogP contribution in [0.15, 0.2) is 71.9 Å². The molecule has 0 unspecified atom stereocenters. The first kappa shape index (κ1) is 13.9. The van der Waals surface area contributed by atoms with Gasteiger partial charge in [0, 0.05) is 30.7 Å². The van der Waals surface area contributed by atoms with E-state index >= 15 is 0 Å². The highest BCUT2D eigenvalue weighted by atomic mass is 16.3. The summed E-state index contributed by atoms with van der Waals surface area (Å²) in [5, 5.41) is 2.83. The summed E-state index contributed by atoms with van der Waals surface area (Å²) in [5.74, 6) is 0.445. The molecule has 22 heavy (non-hydrogen) atoms. The van der Waals surface area contributed by atoms with Crippen LogP contribution in [0.4, 0.5) is 5.69 Å². The van der Waals surface area contributed by atoms with Gasteiger partial charge in [-0.2, -0.15) is 0 Å². The van der Waals surface area contributed by atoms with Crippen LogP contribution in [0.2, 0.25) is 0 Å². The maximum atomic E-state index is 11.9.